The molecule has 148 valence electrons. The van der Waals surface area contributed by atoms with E-state index in [-0.39, 0.29) is 11.9 Å². The molecule has 9 nitrogen and oxygen atoms in total. The predicted molar refractivity (Wildman–Crippen MR) is 109 cm³/mol. The lowest BCUT2D eigenvalue weighted by atomic mass is 10.2. The van der Waals surface area contributed by atoms with Gasteiger partial charge in [0.1, 0.15) is 5.82 Å². The second-order valence-corrected chi connectivity index (χ2v) is 7.23. The molecule has 2 aliphatic rings. The molecule has 0 spiro atoms. The molecule has 28 heavy (non-hydrogen) atoms. The summed E-state index contributed by atoms with van der Waals surface area (Å²) in [7, 11) is 2.15. The summed E-state index contributed by atoms with van der Waals surface area (Å²) < 4.78 is 0. The molecule has 0 bridgehead atoms. The molecule has 9 heteroatoms. The van der Waals surface area contributed by atoms with E-state index in [0.29, 0.717) is 24.0 Å². The van der Waals surface area contributed by atoms with Crippen LogP contribution >= 0.6 is 0 Å². The van der Waals surface area contributed by atoms with Crippen LogP contribution in [0.15, 0.2) is 30.6 Å². The first-order valence-electron chi connectivity index (χ1n) is 9.70. The Kier molecular flexibility index (Phi) is 5.25. The molecule has 1 amide bonds. The van der Waals surface area contributed by atoms with Gasteiger partial charge in [0.05, 0.1) is 24.3 Å². The van der Waals surface area contributed by atoms with E-state index in [4.69, 9.17) is 0 Å². The molecule has 0 aliphatic carbocycles. The number of hydrazine groups is 1. The molecule has 2 saturated heterocycles. The lowest BCUT2D eigenvalue weighted by Crippen LogP contribution is -2.44. The molecular formula is C19H26N8O. The summed E-state index contributed by atoms with van der Waals surface area (Å²) in [6, 6.07) is 5.91. The number of hydrogen-bond donors (Lipinski definition) is 2. The quantitative estimate of drug-likeness (QED) is 0.802. The van der Waals surface area contributed by atoms with Gasteiger partial charge in [-0.25, -0.2) is 9.97 Å². The normalized spacial score (nSPS) is 20.4. The van der Waals surface area contributed by atoms with Gasteiger partial charge in [-0.3, -0.25) is 15.2 Å². The van der Waals surface area contributed by atoms with Crippen molar-refractivity contribution in [2.45, 2.75) is 25.8 Å². The van der Waals surface area contributed by atoms with E-state index in [1.54, 1.807) is 12.3 Å². The van der Waals surface area contributed by atoms with Crippen molar-refractivity contribution >= 4 is 29.2 Å². The summed E-state index contributed by atoms with van der Waals surface area (Å²) in [6.45, 7) is 6.20. The van der Waals surface area contributed by atoms with Crippen molar-refractivity contribution in [2.75, 3.05) is 48.5 Å². The zero-order valence-electron chi connectivity index (χ0n) is 16.3. The van der Waals surface area contributed by atoms with Crippen LogP contribution in [0.1, 0.15) is 19.8 Å². The number of hydrogen-bond acceptors (Lipinski definition) is 8. The third-order valence-corrected chi connectivity index (χ3v) is 5.25. The SMILES string of the molecule is CC[C@H]1CC(=O)NN1c1ccnc(Nc2ccc(N3CCN(C)CC3)cn2)n1. The van der Waals surface area contributed by atoms with E-state index in [2.05, 4.69) is 55.5 Å². The maximum absolute atomic E-state index is 11.7. The minimum absolute atomic E-state index is 0.0149. The van der Waals surface area contributed by atoms with Gasteiger partial charge >= 0.3 is 0 Å². The number of nitrogens with zero attached hydrogens (tertiary/aromatic N) is 6. The smallest absolute Gasteiger partial charge is 0.240 e. The van der Waals surface area contributed by atoms with Crippen molar-refractivity contribution in [3.8, 4) is 0 Å². The van der Waals surface area contributed by atoms with E-state index < -0.39 is 0 Å². The highest BCUT2D eigenvalue weighted by atomic mass is 16.2. The molecular weight excluding hydrogens is 356 g/mol. The second-order valence-electron chi connectivity index (χ2n) is 7.23. The van der Waals surface area contributed by atoms with Gasteiger partial charge in [0.2, 0.25) is 11.9 Å². The average Bonchev–Trinajstić information content (AvgIpc) is 3.10. The van der Waals surface area contributed by atoms with Gasteiger partial charge in [0, 0.05) is 38.4 Å². The number of carbonyl (C=O) groups is 1. The Morgan fingerprint density at radius 2 is 2.00 bits per heavy atom. The standard InChI is InChI=1S/C19H26N8O/c1-3-14-12-18(28)24-27(14)17-6-7-20-19(23-17)22-16-5-4-15(13-21-16)26-10-8-25(2)9-11-26/h4-7,13-14H,3,8-12H2,1-2H3,(H,24,28)(H,20,21,22,23)/t14-/m0/s1. The largest absolute Gasteiger partial charge is 0.368 e. The zero-order chi connectivity index (χ0) is 19.5. The topological polar surface area (TPSA) is 89.5 Å². The number of carbonyl (C=O) groups excluding carboxylic acids is 1. The predicted octanol–water partition coefficient (Wildman–Crippen LogP) is 1.39. The Hall–Kier alpha value is -2.94. The maximum atomic E-state index is 11.7. The van der Waals surface area contributed by atoms with Crippen molar-refractivity contribution in [1.29, 1.82) is 0 Å². The second kappa shape index (κ2) is 7.97. The number of rotatable bonds is 5. The minimum Gasteiger partial charge on any atom is -0.368 e. The molecule has 0 saturated carbocycles. The molecule has 0 unspecified atom stereocenters. The third-order valence-electron chi connectivity index (χ3n) is 5.25. The van der Waals surface area contributed by atoms with Crippen LogP contribution in [0.2, 0.25) is 0 Å². The molecule has 0 aromatic carbocycles. The summed E-state index contributed by atoms with van der Waals surface area (Å²) >= 11 is 0. The van der Waals surface area contributed by atoms with Crippen molar-refractivity contribution in [1.82, 2.24) is 25.3 Å². The zero-order valence-corrected chi connectivity index (χ0v) is 16.3. The average molecular weight is 382 g/mol. The third kappa shape index (κ3) is 3.99. The highest BCUT2D eigenvalue weighted by Crippen LogP contribution is 2.23. The highest BCUT2D eigenvalue weighted by Gasteiger charge is 2.30. The van der Waals surface area contributed by atoms with Gasteiger partial charge in [-0.15, -0.1) is 0 Å². The Bertz CT molecular complexity index is 819. The number of piperazine rings is 1. The fourth-order valence-electron chi connectivity index (χ4n) is 3.52. The lowest BCUT2D eigenvalue weighted by Gasteiger charge is -2.33. The fourth-order valence-corrected chi connectivity index (χ4v) is 3.52. The number of likely N-dealkylation sites (N-methyl/N-ethyl adjacent to an activating group) is 1. The summed E-state index contributed by atoms with van der Waals surface area (Å²) in [5.74, 6) is 1.83. The molecule has 1 atom stereocenters. The maximum Gasteiger partial charge on any atom is 0.240 e. The molecule has 4 heterocycles. The molecule has 2 aromatic rings. The van der Waals surface area contributed by atoms with E-state index in [9.17, 15) is 4.79 Å². The monoisotopic (exact) mass is 382 g/mol. The minimum atomic E-state index is 0.0149. The molecule has 2 N–H and O–H groups in total. The van der Waals surface area contributed by atoms with Gasteiger partial charge in [-0.1, -0.05) is 6.92 Å². The first kappa shape index (κ1) is 18.4. The van der Waals surface area contributed by atoms with Crippen LogP contribution in [-0.4, -0.2) is 65.0 Å². The van der Waals surface area contributed by atoms with E-state index in [1.807, 2.05) is 17.3 Å². The number of aromatic nitrogens is 3. The van der Waals surface area contributed by atoms with Crippen LogP contribution in [0, 0.1) is 0 Å². The summed E-state index contributed by atoms with van der Waals surface area (Å²) in [6.07, 6.45) is 4.91. The van der Waals surface area contributed by atoms with Gasteiger partial charge < -0.3 is 15.1 Å². The molecule has 2 fully saturated rings. The van der Waals surface area contributed by atoms with Crippen molar-refractivity contribution in [3.63, 3.8) is 0 Å². The highest BCUT2D eigenvalue weighted by molar-refractivity contribution is 5.82. The van der Waals surface area contributed by atoms with Crippen molar-refractivity contribution in [2.24, 2.45) is 0 Å². The van der Waals surface area contributed by atoms with Crippen LogP contribution in [0.25, 0.3) is 0 Å². The van der Waals surface area contributed by atoms with Gasteiger partial charge in [0.15, 0.2) is 5.82 Å². The van der Waals surface area contributed by atoms with Crippen molar-refractivity contribution < 1.29 is 4.79 Å². The van der Waals surface area contributed by atoms with Crippen LogP contribution in [0.5, 0.6) is 0 Å². The first-order chi connectivity index (χ1) is 13.6. The van der Waals surface area contributed by atoms with Crippen LogP contribution in [0.4, 0.5) is 23.3 Å². The summed E-state index contributed by atoms with van der Waals surface area (Å²) in [5, 5.41) is 4.97. The number of nitrogens with one attached hydrogen (secondary N) is 2. The van der Waals surface area contributed by atoms with Crippen LogP contribution in [-0.2, 0) is 4.79 Å². The van der Waals surface area contributed by atoms with Crippen LogP contribution in [0.3, 0.4) is 0 Å². The Balaban J connectivity index is 1.44. The van der Waals surface area contributed by atoms with E-state index >= 15 is 0 Å². The Labute approximate surface area is 164 Å². The molecule has 0 radical (unpaired) electrons. The Morgan fingerprint density at radius 1 is 1.18 bits per heavy atom. The van der Waals surface area contributed by atoms with Gasteiger partial charge in [0.25, 0.3) is 0 Å². The fraction of sp³-hybridized carbons (Fsp3) is 0.474. The van der Waals surface area contributed by atoms with E-state index in [1.165, 1.54) is 0 Å². The van der Waals surface area contributed by atoms with Crippen molar-refractivity contribution in [3.05, 3.63) is 30.6 Å². The first-order valence-corrected chi connectivity index (χ1v) is 9.70. The molecule has 2 aliphatic heterocycles. The van der Waals surface area contributed by atoms with E-state index in [0.717, 1.165) is 38.3 Å². The van der Waals surface area contributed by atoms with Gasteiger partial charge in [-0.05, 0) is 25.6 Å². The molecule has 2 aromatic heterocycles. The number of amides is 1. The summed E-state index contributed by atoms with van der Waals surface area (Å²) in [5.41, 5.74) is 3.98. The lowest BCUT2D eigenvalue weighted by molar-refractivity contribution is -0.119. The Morgan fingerprint density at radius 3 is 2.71 bits per heavy atom. The molecule has 4 rings (SSSR count). The number of anilines is 4. The van der Waals surface area contributed by atoms with Crippen LogP contribution < -0.4 is 20.7 Å². The summed E-state index contributed by atoms with van der Waals surface area (Å²) in [4.78, 5) is 29.7. The number of pyridine rings is 1. The van der Waals surface area contributed by atoms with Gasteiger partial charge in [-0.2, -0.15) is 4.98 Å².